The molecule has 0 atom stereocenters. The quantitative estimate of drug-likeness (QED) is 0.599. The summed E-state index contributed by atoms with van der Waals surface area (Å²) in [4.78, 5) is 25.0. The fourth-order valence-corrected chi connectivity index (χ4v) is 3.60. The van der Waals surface area contributed by atoms with E-state index in [1.807, 2.05) is 12.1 Å². The Labute approximate surface area is 158 Å². The molecule has 0 bridgehead atoms. The summed E-state index contributed by atoms with van der Waals surface area (Å²) in [6.07, 6.45) is 6.37. The first kappa shape index (κ1) is 18.9. The maximum absolute atomic E-state index is 12.2. The molecular formula is C19H25N5O3. The number of nitro groups is 1. The Balaban J connectivity index is 1.60. The van der Waals surface area contributed by atoms with E-state index in [2.05, 4.69) is 39.6 Å². The Bertz CT molecular complexity index is 809. The molecule has 1 amide bonds. The molecular weight excluding hydrogens is 346 g/mol. The average Bonchev–Trinajstić information content (AvgIpc) is 3.08. The van der Waals surface area contributed by atoms with Crippen LogP contribution in [-0.2, 0) is 6.54 Å². The van der Waals surface area contributed by atoms with Gasteiger partial charge in [0.25, 0.3) is 5.91 Å². The number of H-pyrrole nitrogens is 1. The summed E-state index contributed by atoms with van der Waals surface area (Å²) < 4.78 is 0. The van der Waals surface area contributed by atoms with E-state index < -0.39 is 10.8 Å². The highest BCUT2D eigenvalue weighted by molar-refractivity contribution is 5.96. The molecule has 1 saturated carbocycles. The highest BCUT2D eigenvalue weighted by Crippen LogP contribution is 2.26. The molecule has 0 saturated heterocycles. The fraction of sp³-hybridized carbons (Fsp3) is 0.474. The lowest BCUT2D eigenvalue weighted by Crippen LogP contribution is -2.33. The molecule has 1 aliphatic carbocycles. The minimum absolute atomic E-state index is 0.189. The predicted molar refractivity (Wildman–Crippen MR) is 103 cm³/mol. The van der Waals surface area contributed by atoms with Gasteiger partial charge in [-0.05, 0) is 37.5 Å². The first-order valence-electron chi connectivity index (χ1n) is 9.26. The highest BCUT2D eigenvalue weighted by atomic mass is 16.6. The molecule has 1 fully saturated rings. The Morgan fingerprint density at radius 3 is 2.59 bits per heavy atom. The number of carbonyl (C=O) groups excluding carboxylic acids is 1. The molecule has 144 valence electrons. The van der Waals surface area contributed by atoms with Crippen LogP contribution in [0.25, 0.3) is 0 Å². The Morgan fingerprint density at radius 1 is 1.30 bits per heavy atom. The second-order valence-electron chi connectivity index (χ2n) is 7.05. The minimum Gasteiger partial charge on any atom is -0.372 e. The largest absolute Gasteiger partial charge is 0.372 e. The van der Waals surface area contributed by atoms with Crippen molar-refractivity contribution in [1.29, 1.82) is 0 Å². The van der Waals surface area contributed by atoms with Gasteiger partial charge in [-0.3, -0.25) is 20.0 Å². The number of aryl methyl sites for hydroxylation is 1. The molecule has 0 aliphatic heterocycles. The number of benzene rings is 1. The first-order chi connectivity index (χ1) is 13.0. The number of carbonyl (C=O) groups is 1. The number of amides is 1. The highest BCUT2D eigenvalue weighted by Gasteiger charge is 2.26. The fourth-order valence-electron chi connectivity index (χ4n) is 3.60. The van der Waals surface area contributed by atoms with Crippen LogP contribution in [0.15, 0.2) is 24.3 Å². The molecule has 1 aliphatic rings. The van der Waals surface area contributed by atoms with Gasteiger partial charge in [-0.25, -0.2) is 0 Å². The van der Waals surface area contributed by atoms with Crippen molar-refractivity contribution in [3.8, 4) is 0 Å². The van der Waals surface area contributed by atoms with Crippen LogP contribution in [0, 0.1) is 17.0 Å². The van der Waals surface area contributed by atoms with Gasteiger partial charge in [0.15, 0.2) is 0 Å². The van der Waals surface area contributed by atoms with Gasteiger partial charge >= 0.3 is 5.69 Å². The summed E-state index contributed by atoms with van der Waals surface area (Å²) in [6, 6.07) is 8.64. The molecule has 3 rings (SSSR count). The molecule has 1 aromatic carbocycles. The van der Waals surface area contributed by atoms with Gasteiger partial charge in [0, 0.05) is 25.3 Å². The lowest BCUT2D eigenvalue weighted by atomic mass is 9.94. The van der Waals surface area contributed by atoms with Crippen molar-refractivity contribution in [2.24, 2.45) is 0 Å². The van der Waals surface area contributed by atoms with Crippen LogP contribution < -0.4 is 10.2 Å². The number of anilines is 1. The maximum atomic E-state index is 12.2. The van der Waals surface area contributed by atoms with E-state index in [0.29, 0.717) is 6.04 Å². The van der Waals surface area contributed by atoms with Crippen molar-refractivity contribution < 1.29 is 9.72 Å². The lowest BCUT2D eigenvalue weighted by molar-refractivity contribution is -0.385. The van der Waals surface area contributed by atoms with Crippen molar-refractivity contribution in [3.05, 3.63) is 51.3 Å². The van der Waals surface area contributed by atoms with Crippen LogP contribution in [0.5, 0.6) is 0 Å². The zero-order valence-corrected chi connectivity index (χ0v) is 15.7. The monoisotopic (exact) mass is 371 g/mol. The molecule has 8 heteroatoms. The lowest BCUT2D eigenvalue weighted by Gasteiger charge is -2.33. The van der Waals surface area contributed by atoms with Crippen LogP contribution >= 0.6 is 0 Å². The van der Waals surface area contributed by atoms with Crippen molar-refractivity contribution in [3.63, 3.8) is 0 Å². The predicted octanol–water partition coefficient (Wildman–Crippen LogP) is 3.33. The Morgan fingerprint density at radius 2 is 1.96 bits per heavy atom. The molecule has 8 nitrogen and oxygen atoms in total. The summed E-state index contributed by atoms with van der Waals surface area (Å²) in [5.41, 5.74) is 1.89. The van der Waals surface area contributed by atoms with Crippen LogP contribution in [-0.4, -0.2) is 34.1 Å². The minimum atomic E-state index is -0.594. The number of aromatic amines is 1. The Kier molecular flexibility index (Phi) is 5.73. The summed E-state index contributed by atoms with van der Waals surface area (Å²) >= 11 is 0. The van der Waals surface area contributed by atoms with Gasteiger partial charge in [0.1, 0.15) is 5.69 Å². The topological polar surface area (TPSA) is 104 Å². The zero-order valence-electron chi connectivity index (χ0n) is 15.7. The van der Waals surface area contributed by atoms with Crippen molar-refractivity contribution >= 4 is 17.3 Å². The van der Waals surface area contributed by atoms with Gasteiger partial charge in [0.2, 0.25) is 5.69 Å². The number of hydrogen-bond donors (Lipinski definition) is 2. The smallest absolute Gasteiger partial charge is 0.322 e. The molecule has 2 aromatic rings. The third-order valence-electron chi connectivity index (χ3n) is 5.23. The number of aromatic nitrogens is 2. The molecule has 1 aromatic heterocycles. The SMILES string of the molecule is Cc1[nH]nc(C(=O)NCc2ccc(N(C)C3CCCCC3)cc2)c1[N+](=O)[O-]. The van der Waals surface area contributed by atoms with E-state index in [4.69, 9.17) is 0 Å². The van der Waals surface area contributed by atoms with E-state index in [0.717, 1.165) is 11.3 Å². The number of hydrogen-bond acceptors (Lipinski definition) is 5. The van der Waals surface area contributed by atoms with Gasteiger partial charge in [-0.2, -0.15) is 5.10 Å². The zero-order chi connectivity index (χ0) is 19.4. The van der Waals surface area contributed by atoms with E-state index >= 15 is 0 Å². The second-order valence-corrected chi connectivity index (χ2v) is 7.05. The number of nitrogens with one attached hydrogen (secondary N) is 2. The van der Waals surface area contributed by atoms with Crippen LogP contribution in [0.3, 0.4) is 0 Å². The third-order valence-corrected chi connectivity index (χ3v) is 5.23. The molecule has 0 unspecified atom stereocenters. The molecule has 1 heterocycles. The number of rotatable bonds is 6. The number of nitrogens with zero attached hydrogens (tertiary/aromatic N) is 3. The van der Waals surface area contributed by atoms with Crippen LogP contribution in [0.1, 0.15) is 53.8 Å². The summed E-state index contributed by atoms with van der Waals surface area (Å²) in [5, 5.41) is 20.0. The van der Waals surface area contributed by atoms with E-state index in [-0.39, 0.29) is 23.6 Å². The molecule has 0 radical (unpaired) electrons. The van der Waals surface area contributed by atoms with E-state index in [9.17, 15) is 14.9 Å². The third kappa shape index (κ3) is 4.27. The summed E-state index contributed by atoms with van der Waals surface area (Å²) in [6.45, 7) is 1.80. The second kappa shape index (κ2) is 8.20. The van der Waals surface area contributed by atoms with Crippen molar-refractivity contribution in [1.82, 2.24) is 15.5 Å². The Hall–Kier alpha value is -2.90. The summed E-state index contributed by atoms with van der Waals surface area (Å²) in [7, 11) is 2.13. The standard InChI is InChI=1S/C19H25N5O3/c1-13-18(24(26)27)17(22-21-13)19(25)20-12-14-8-10-16(11-9-14)23(2)15-6-4-3-5-7-15/h8-11,15H,3-7,12H2,1-2H3,(H,20,25)(H,21,22). The van der Waals surface area contributed by atoms with Crippen molar-refractivity contribution in [2.45, 2.75) is 51.6 Å². The molecule has 2 N–H and O–H groups in total. The first-order valence-corrected chi connectivity index (χ1v) is 9.26. The molecule has 27 heavy (non-hydrogen) atoms. The average molecular weight is 371 g/mol. The van der Waals surface area contributed by atoms with E-state index in [1.54, 1.807) is 0 Å². The van der Waals surface area contributed by atoms with Gasteiger partial charge in [0.05, 0.1) is 4.92 Å². The van der Waals surface area contributed by atoms with Gasteiger partial charge < -0.3 is 10.2 Å². The van der Waals surface area contributed by atoms with Crippen LogP contribution in [0.2, 0.25) is 0 Å². The maximum Gasteiger partial charge on any atom is 0.322 e. The van der Waals surface area contributed by atoms with E-state index in [1.165, 1.54) is 39.0 Å². The normalized spacial score (nSPS) is 14.7. The van der Waals surface area contributed by atoms with Crippen LogP contribution in [0.4, 0.5) is 11.4 Å². The van der Waals surface area contributed by atoms with Gasteiger partial charge in [-0.1, -0.05) is 31.4 Å². The molecule has 0 spiro atoms. The van der Waals surface area contributed by atoms with Crippen molar-refractivity contribution in [2.75, 3.05) is 11.9 Å². The van der Waals surface area contributed by atoms with Gasteiger partial charge in [-0.15, -0.1) is 0 Å². The summed E-state index contributed by atoms with van der Waals surface area (Å²) in [5.74, 6) is -0.561.